The van der Waals surface area contributed by atoms with Crippen LogP contribution in [0.1, 0.15) is 53.4 Å². The number of nitrogen functional groups attached to an aromatic ring is 1. The highest BCUT2D eigenvalue weighted by molar-refractivity contribution is 7.59. The second kappa shape index (κ2) is 11.0. The Hall–Kier alpha value is -2.60. The Balaban J connectivity index is 1.68. The molecule has 0 aromatic carbocycles. The summed E-state index contributed by atoms with van der Waals surface area (Å²) >= 11 is 0. The Morgan fingerprint density at radius 1 is 1.29 bits per heavy atom. The monoisotopic (exact) mass is 511 g/mol. The number of esters is 1. The topological polar surface area (TPSA) is 184 Å². The molecule has 1 saturated carbocycles. The van der Waals surface area contributed by atoms with Crippen LogP contribution >= 0.6 is 7.44 Å². The molecule has 0 saturated heterocycles. The van der Waals surface area contributed by atoms with Crippen molar-refractivity contribution in [3.05, 3.63) is 12.7 Å². The van der Waals surface area contributed by atoms with Gasteiger partial charge in [0.05, 0.1) is 19.0 Å². The Labute approximate surface area is 203 Å². The maximum Gasteiger partial charge on any atom is 0.323 e. The number of carbonyl (C=O) groups excluding carboxylic acids is 1. The molecule has 5 N–H and O–H groups in total. The molecule has 2 aromatic heterocycles. The van der Waals surface area contributed by atoms with Gasteiger partial charge in [0.25, 0.3) is 0 Å². The second-order valence-corrected chi connectivity index (χ2v) is 11.6. The lowest BCUT2D eigenvalue weighted by molar-refractivity contribution is -0.150. The number of aliphatic carboxylic acids is 1. The Morgan fingerprint density at radius 3 is 2.63 bits per heavy atom. The van der Waals surface area contributed by atoms with Crippen LogP contribution in [0.3, 0.4) is 0 Å². The molecule has 0 amide bonds. The first-order valence-electron chi connectivity index (χ1n) is 11.5. The average Bonchev–Trinajstić information content (AvgIpc) is 3.43. The van der Waals surface area contributed by atoms with E-state index < -0.39 is 37.1 Å². The number of ether oxygens (including phenoxy) is 2. The average molecular weight is 512 g/mol. The minimum Gasteiger partial charge on any atom is -0.480 e. The second-order valence-electron chi connectivity index (χ2n) is 9.41. The molecule has 1 fully saturated rings. The third-order valence-electron chi connectivity index (χ3n) is 5.76. The fourth-order valence-electron chi connectivity index (χ4n) is 3.83. The van der Waals surface area contributed by atoms with Gasteiger partial charge in [-0.05, 0) is 53.4 Å². The van der Waals surface area contributed by atoms with Crippen LogP contribution in [-0.4, -0.2) is 66.7 Å². The number of carboxylic acids is 1. The molecular formula is C21H34N7O6P. The van der Waals surface area contributed by atoms with Crippen LogP contribution in [0.4, 0.5) is 5.82 Å². The molecule has 0 aliphatic heterocycles. The molecule has 194 valence electrons. The minimum absolute atomic E-state index is 0.145. The molecule has 1 aliphatic carbocycles. The van der Waals surface area contributed by atoms with Gasteiger partial charge in [-0.3, -0.25) is 14.2 Å². The van der Waals surface area contributed by atoms with E-state index in [0.29, 0.717) is 17.7 Å². The number of rotatable bonds is 12. The Kier molecular flexibility index (Phi) is 8.47. The largest absolute Gasteiger partial charge is 0.480 e. The number of carboxylic acid groups (broad SMARTS) is 1. The maximum atomic E-state index is 13.8. The zero-order valence-electron chi connectivity index (χ0n) is 20.4. The van der Waals surface area contributed by atoms with Gasteiger partial charge in [0, 0.05) is 0 Å². The SMILES string of the molecule is C[C@H](Cn1cnc2c(N)ncnc21)OC[P@@](=O)(N[C@H](C)C(=O)OC1CCCC1)NC(C)(C)C(=O)O. The lowest BCUT2D eigenvalue weighted by atomic mass is 10.1. The van der Waals surface area contributed by atoms with Gasteiger partial charge in [-0.1, -0.05) is 0 Å². The zero-order chi connectivity index (χ0) is 25.8. The van der Waals surface area contributed by atoms with Gasteiger partial charge in [0.1, 0.15) is 35.9 Å². The van der Waals surface area contributed by atoms with E-state index in [1.807, 2.05) is 0 Å². The fourth-order valence-corrected chi connectivity index (χ4v) is 6.23. The molecule has 14 heteroatoms. The number of hydrogen-bond donors (Lipinski definition) is 4. The predicted octanol–water partition coefficient (Wildman–Crippen LogP) is 1.88. The van der Waals surface area contributed by atoms with Gasteiger partial charge in [-0.15, -0.1) is 0 Å². The molecule has 2 heterocycles. The third kappa shape index (κ3) is 6.97. The van der Waals surface area contributed by atoms with Crippen molar-refractivity contribution in [1.82, 2.24) is 29.7 Å². The first-order valence-corrected chi connectivity index (χ1v) is 13.4. The number of imidazole rings is 1. The number of anilines is 1. The number of carbonyl (C=O) groups is 2. The van der Waals surface area contributed by atoms with Gasteiger partial charge in [0.2, 0.25) is 7.44 Å². The number of hydrogen-bond acceptors (Lipinski definition) is 9. The van der Waals surface area contributed by atoms with Crippen molar-refractivity contribution in [3.63, 3.8) is 0 Å². The number of nitrogens with zero attached hydrogens (tertiary/aromatic N) is 4. The van der Waals surface area contributed by atoms with E-state index in [9.17, 15) is 19.3 Å². The van der Waals surface area contributed by atoms with Crippen molar-refractivity contribution in [1.29, 1.82) is 0 Å². The van der Waals surface area contributed by atoms with Crippen molar-refractivity contribution in [2.75, 3.05) is 12.1 Å². The fraction of sp³-hybridized carbons (Fsp3) is 0.667. The van der Waals surface area contributed by atoms with Gasteiger partial charge < -0.3 is 24.9 Å². The van der Waals surface area contributed by atoms with Crippen LogP contribution in [0, 0.1) is 0 Å². The van der Waals surface area contributed by atoms with E-state index in [2.05, 4.69) is 25.1 Å². The first-order chi connectivity index (χ1) is 16.4. The van der Waals surface area contributed by atoms with E-state index in [1.165, 1.54) is 27.1 Å². The van der Waals surface area contributed by atoms with Crippen LogP contribution in [0.25, 0.3) is 11.2 Å². The van der Waals surface area contributed by atoms with Crippen LogP contribution < -0.4 is 15.9 Å². The summed E-state index contributed by atoms with van der Waals surface area (Å²) in [5, 5.41) is 14.9. The maximum absolute atomic E-state index is 13.8. The van der Waals surface area contributed by atoms with Gasteiger partial charge in [-0.2, -0.15) is 0 Å². The molecule has 0 bridgehead atoms. The van der Waals surface area contributed by atoms with E-state index in [-0.39, 0.29) is 18.3 Å². The standard InChI is InChI=1S/C21H34N7O6P/c1-13(9-28-11-25-16-17(22)23-10-24-18(16)28)33-12-35(32,27-21(3,4)20(30)31)26-14(2)19(29)34-15-7-5-6-8-15/h10-11,13-15H,5-9,12H2,1-4H3,(H,30,31)(H2,22,23,24)(H2,26,27,32)/t13-,14-,35-/m1/s1. The van der Waals surface area contributed by atoms with Crippen LogP contribution in [0.5, 0.6) is 0 Å². The number of nitrogens with one attached hydrogen (secondary N) is 2. The zero-order valence-corrected chi connectivity index (χ0v) is 21.3. The highest BCUT2D eigenvalue weighted by atomic mass is 31.2. The van der Waals surface area contributed by atoms with Crippen molar-refractivity contribution in [2.24, 2.45) is 0 Å². The molecule has 3 atom stereocenters. The summed E-state index contributed by atoms with van der Waals surface area (Å²) in [6.07, 6.45) is 5.54. The third-order valence-corrected chi connectivity index (χ3v) is 8.00. The van der Waals surface area contributed by atoms with Gasteiger partial charge in [0.15, 0.2) is 11.5 Å². The molecule has 0 spiro atoms. The van der Waals surface area contributed by atoms with E-state index in [0.717, 1.165) is 25.7 Å². The van der Waals surface area contributed by atoms with Crippen molar-refractivity contribution in [2.45, 2.75) is 83.7 Å². The lowest BCUT2D eigenvalue weighted by Gasteiger charge is -2.31. The molecular weight excluding hydrogens is 477 g/mol. The van der Waals surface area contributed by atoms with Crippen LogP contribution in [0.2, 0.25) is 0 Å². The summed E-state index contributed by atoms with van der Waals surface area (Å²) in [5.41, 5.74) is 5.28. The molecule has 1 aliphatic rings. The van der Waals surface area contributed by atoms with Crippen LogP contribution in [0.15, 0.2) is 12.7 Å². The van der Waals surface area contributed by atoms with Gasteiger partial charge in [-0.25, -0.2) is 25.1 Å². The molecule has 13 nitrogen and oxygen atoms in total. The summed E-state index contributed by atoms with van der Waals surface area (Å²) in [7, 11) is -3.72. The van der Waals surface area contributed by atoms with E-state index in [4.69, 9.17) is 15.2 Å². The molecule has 0 radical (unpaired) electrons. The number of aromatic nitrogens is 4. The molecule has 2 aromatic rings. The molecule has 3 rings (SSSR count). The normalized spacial score (nSPS) is 18.3. The lowest BCUT2D eigenvalue weighted by Crippen LogP contribution is -2.49. The predicted molar refractivity (Wildman–Crippen MR) is 129 cm³/mol. The summed E-state index contributed by atoms with van der Waals surface area (Å²) in [5.74, 6) is -1.48. The summed E-state index contributed by atoms with van der Waals surface area (Å²) in [4.78, 5) is 36.5. The summed E-state index contributed by atoms with van der Waals surface area (Å²) in [6, 6.07) is -0.935. The van der Waals surface area contributed by atoms with E-state index >= 15 is 0 Å². The van der Waals surface area contributed by atoms with Crippen molar-refractivity contribution < 1.29 is 28.7 Å². The minimum atomic E-state index is -3.72. The summed E-state index contributed by atoms with van der Waals surface area (Å²) < 4.78 is 26.8. The highest BCUT2D eigenvalue weighted by Crippen LogP contribution is 2.40. The first kappa shape index (κ1) is 27.0. The van der Waals surface area contributed by atoms with Crippen molar-refractivity contribution >= 4 is 36.4 Å². The molecule has 35 heavy (non-hydrogen) atoms. The highest BCUT2D eigenvalue weighted by Gasteiger charge is 2.38. The van der Waals surface area contributed by atoms with Crippen molar-refractivity contribution in [3.8, 4) is 0 Å². The van der Waals surface area contributed by atoms with E-state index in [1.54, 1.807) is 17.8 Å². The summed E-state index contributed by atoms with van der Waals surface area (Å²) in [6.45, 7) is 6.38. The number of nitrogens with two attached hydrogens (primary N) is 1. The molecule has 0 unspecified atom stereocenters. The number of fused-ring (bicyclic) bond motifs is 1. The quantitative estimate of drug-likeness (QED) is 0.240. The smallest absolute Gasteiger partial charge is 0.323 e. The van der Waals surface area contributed by atoms with Crippen LogP contribution in [-0.2, 0) is 30.2 Å². The Morgan fingerprint density at radius 2 is 1.97 bits per heavy atom. The Bertz CT molecular complexity index is 1100. The van der Waals surface area contributed by atoms with Gasteiger partial charge >= 0.3 is 11.9 Å².